The van der Waals surface area contributed by atoms with Crippen molar-refractivity contribution in [3.05, 3.63) is 12.2 Å². The van der Waals surface area contributed by atoms with E-state index in [1.165, 1.54) is 6.08 Å². The monoisotopic (exact) mass is 156 g/mol. The van der Waals surface area contributed by atoms with Crippen LogP contribution in [0.25, 0.3) is 0 Å². The van der Waals surface area contributed by atoms with Crippen molar-refractivity contribution in [1.29, 1.82) is 0 Å². The largest absolute Gasteiger partial charge is 0.366 e. The van der Waals surface area contributed by atoms with E-state index < -0.39 is 0 Å². The van der Waals surface area contributed by atoms with Crippen LogP contribution in [0.1, 0.15) is 6.92 Å². The van der Waals surface area contributed by atoms with Gasteiger partial charge >= 0.3 is 0 Å². The molecule has 0 aromatic carbocycles. The number of hydrogen-bond acceptors (Lipinski definition) is 2. The van der Waals surface area contributed by atoms with Crippen molar-refractivity contribution in [3.8, 4) is 0 Å². The van der Waals surface area contributed by atoms with E-state index in [4.69, 9.17) is 5.73 Å². The van der Waals surface area contributed by atoms with Gasteiger partial charge in [-0.3, -0.25) is 4.79 Å². The molecule has 0 aromatic heterocycles. The van der Waals surface area contributed by atoms with E-state index in [9.17, 15) is 4.79 Å². The average molecular weight is 156 g/mol. The van der Waals surface area contributed by atoms with Crippen LogP contribution in [-0.4, -0.2) is 31.4 Å². The van der Waals surface area contributed by atoms with Crippen molar-refractivity contribution in [2.75, 3.05) is 20.6 Å². The summed E-state index contributed by atoms with van der Waals surface area (Å²) in [5, 5.41) is 0. The Labute approximate surface area is 67.9 Å². The SMILES string of the molecule is CC(C=CC(N)=O)CN(C)C. The molecule has 0 saturated heterocycles. The molecule has 0 bridgehead atoms. The fourth-order valence-electron chi connectivity index (χ4n) is 0.896. The molecule has 0 aliphatic carbocycles. The molecular formula is C8H16N2O. The summed E-state index contributed by atoms with van der Waals surface area (Å²) in [7, 11) is 3.99. The summed E-state index contributed by atoms with van der Waals surface area (Å²) in [4.78, 5) is 12.4. The average Bonchev–Trinajstić information content (AvgIpc) is 1.82. The van der Waals surface area contributed by atoms with E-state index in [-0.39, 0.29) is 5.91 Å². The lowest BCUT2D eigenvalue weighted by Crippen LogP contribution is -2.18. The molecule has 0 radical (unpaired) electrons. The van der Waals surface area contributed by atoms with Crippen LogP contribution < -0.4 is 5.73 Å². The number of amides is 1. The third-order valence-electron chi connectivity index (χ3n) is 1.24. The minimum atomic E-state index is -0.379. The number of carbonyl (C=O) groups is 1. The highest BCUT2D eigenvalue weighted by molar-refractivity contribution is 5.85. The molecule has 0 aliphatic rings. The molecule has 11 heavy (non-hydrogen) atoms. The second-order valence-electron chi connectivity index (χ2n) is 3.00. The molecule has 0 spiro atoms. The van der Waals surface area contributed by atoms with E-state index in [1.54, 1.807) is 0 Å². The maximum atomic E-state index is 10.3. The van der Waals surface area contributed by atoms with Gasteiger partial charge in [0.2, 0.25) is 5.91 Å². The van der Waals surface area contributed by atoms with Gasteiger partial charge in [0.25, 0.3) is 0 Å². The predicted octanol–water partition coefficient (Wildman–Crippen LogP) is 0.226. The van der Waals surface area contributed by atoms with Crippen LogP contribution in [0.15, 0.2) is 12.2 Å². The molecule has 0 rings (SSSR count). The van der Waals surface area contributed by atoms with Gasteiger partial charge in [-0.05, 0) is 26.1 Å². The first kappa shape index (κ1) is 10.2. The summed E-state index contributed by atoms with van der Waals surface area (Å²) in [6.45, 7) is 2.98. The fourth-order valence-corrected chi connectivity index (χ4v) is 0.896. The molecular weight excluding hydrogens is 140 g/mol. The topological polar surface area (TPSA) is 46.3 Å². The second-order valence-corrected chi connectivity index (χ2v) is 3.00. The fraction of sp³-hybridized carbons (Fsp3) is 0.625. The van der Waals surface area contributed by atoms with Crippen molar-refractivity contribution >= 4 is 5.91 Å². The number of nitrogens with two attached hydrogens (primary N) is 1. The number of nitrogens with zero attached hydrogens (tertiary/aromatic N) is 1. The van der Waals surface area contributed by atoms with Gasteiger partial charge in [0, 0.05) is 6.54 Å². The normalized spacial score (nSPS) is 14.2. The zero-order valence-corrected chi connectivity index (χ0v) is 7.37. The van der Waals surface area contributed by atoms with E-state index in [0.29, 0.717) is 5.92 Å². The zero-order chi connectivity index (χ0) is 8.85. The third-order valence-corrected chi connectivity index (χ3v) is 1.24. The van der Waals surface area contributed by atoms with E-state index in [0.717, 1.165) is 6.54 Å². The molecule has 1 amide bonds. The molecule has 3 nitrogen and oxygen atoms in total. The van der Waals surface area contributed by atoms with Crippen molar-refractivity contribution in [2.45, 2.75) is 6.92 Å². The lowest BCUT2D eigenvalue weighted by Gasteiger charge is -2.12. The number of rotatable bonds is 4. The van der Waals surface area contributed by atoms with Gasteiger partial charge in [0.15, 0.2) is 0 Å². The Bertz CT molecular complexity index is 152. The summed E-state index contributed by atoms with van der Waals surface area (Å²) in [5.41, 5.74) is 4.93. The van der Waals surface area contributed by atoms with Crippen LogP contribution in [0.5, 0.6) is 0 Å². The van der Waals surface area contributed by atoms with Gasteiger partial charge in [-0.15, -0.1) is 0 Å². The standard InChI is InChI=1S/C8H16N2O/c1-7(6-10(2)3)4-5-8(9)11/h4-5,7H,6H2,1-3H3,(H2,9,11). The van der Waals surface area contributed by atoms with Crippen LogP contribution in [0.4, 0.5) is 0 Å². The summed E-state index contributed by atoms with van der Waals surface area (Å²) >= 11 is 0. The van der Waals surface area contributed by atoms with Gasteiger partial charge in [-0.25, -0.2) is 0 Å². The van der Waals surface area contributed by atoms with Crippen LogP contribution in [-0.2, 0) is 4.79 Å². The van der Waals surface area contributed by atoms with Crippen LogP contribution in [0.3, 0.4) is 0 Å². The molecule has 0 fully saturated rings. The first-order valence-corrected chi connectivity index (χ1v) is 3.64. The second kappa shape index (κ2) is 4.91. The highest BCUT2D eigenvalue weighted by atomic mass is 16.1. The summed E-state index contributed by atoms with van der Waals surface area (Å²) < 4.78 is 0. The maximum Gasteiger partial charge on any atom is 0.241 e. The molecule has 1 atom stereocenters. The molecule has 0 saturated carbocycles. The van der Waals surface area contributed by atoms with Gasteiger partial charge in [0.05, 0.1) is 0 Å². The molecule has 1 unspecified atom stereocenters. The Hall–Kier alpha value is -0.830. The van der Waals surface area contributed by atoms with Gasteiger partial charge < -0.3 is 10.6 Å². The summed E-state index contributed by atoms with van der Waals surface area (Å²) in [5.74, 6) is -0.00638. The quantitative estimate of drug-likeness (QED) is 0.592. The third kappa shape index (κ3) is 7.06. The van der Waals surface area contributed by atoms with Crippen molar-refractivity contribution in [3.63, 3.8) is 0 Å². The maximum absolute atomic E-state index is 10.3. The first-order chi connectivity index (χ1) is 5.02. The predicted molar refractivity (Wildman–Crippen MR) is 46.1 cm³/mol. The minimum Gasteiger partial charge on any atom is -0.366 e. The van der Waals surface area contributed by atoms with Crippen LogP contribution in [0.2, 0.25) is 0 Å². The Morgan fingerprint density at radius 3 is 2.55 bits per heavy atom. The van der Waals surface area contributed by atoms with Crippen molar-refractivity contribution < 1.29 is 4.79 Å². The molecule has 0 heterocycles. The zero-order valence-electron chi connectivity index (χ0n) is 7.37. The van der Waals surface area contributed by atoms with E-state index in [1.807, 2.05) is 27.1 Å². The Morgan fingerprint density at radius 1 is 1.64 bits per heavy atom. The highest BCUT2D eigenvalue weighted by Crippen LogP contribution is 1.97. The Balaban J connectivity index is 3.68. The Kier molecular flexibility index (Phi) is 4.54. The van der Waals surface area contributed by atoms with Crippen molar-refractivity contribution in [2.24, 2.45) is 11.7 Å². The summed E-state index contributed by atoms with van der Waals surface area (Å²) in [6, 6.07) is 0. The van der Waals surface area contributed by atoms with Gasteiger partial charge in [0.1, 0.15) is 0 Å². The van der Waals surface area contributed by atoms with E-state index in [2.05, 4.69) is 4.90 Å². The number of primary amides is 1. The van der Waals surface area contributed by atoms with Gasteiger partial charge in [-0.1, -0.05) is 13.0 Å². The molecule has 64 valence electrons. The van der Waals surface area contributed by atoms with Crippen LogP contribution >= 0.6 is 0 Å². The highest BCUT2D eigenvalue weighted by Gasteiger charge is 1.97. The van der Waals surface area contributed by atoms with Crippen LogP contribution in [0, 0.1) is 5.92 Å². The smallest absolute Gasteiger partial charge is 0.241 e. The summed E-state index contributed by atoms with van der Waals surface area (Å²) in [6.07, 6.45) is 3.23. The lowest BCUT2D eigenvalue weighted by atomic mass is 10.1. The van der Waals surface area contributed by atoms with Crippen molar-refractivity contribution in [1.82, 2.24) is 4.90 Å². The number of hydrogen-bond donors (Lipinski definition) is 1. The first-order valence-electron chi connectivity index (χ1n) is 3.64. The lowest BCUT2D eigenvalue weighted by molar-refractivity contribution is -0.113. The molecule has 0 aromatic rings. The Morgan fingerprint density at radius 2 is 2.18 bits per heavy atom. The number of carbonyl (C=O) groups excluding carboxylic acids is 1. The van der Waals surface area contributed by atoms with Gasteiger partial charge in [-0.2, -0.15) is 0 Å². The minimum absolute atomic E-state index is 0.373. The molecule has 3 heteroatoms. The molecule has 2 N–H and O–H groups in total. The van der Waals surface area contributed by atoms with E-state index >= 15 is 0 Å². The molecule has 0 aliphatic heterocycles.